The Hall–Kier alpha value is -1.56. The highest BCUT2D eigenvalue weighted by Crippen LogP contribution is 2.12. The first-order chi connectivity index (χ1) is 7.33. The van der Waals surface area contributed by atoms with Crippen molar-refractivity contribution in [3.63, 3.8) is 0 Å². The second-order valence-electron chi connectivity index (χ2n) is 3.04. The Morgan fingerprint density at radius 3 is 3.07 bits per heavy atom. The number of carbonyl (C=O) groups excluding carboxylic acids is 1. The maximum atomic E-state index is 11.9. The van der Waals surface area contributed by atoms with E-state index < -0.39 is 0 Å². The Balaban J connectivity index is 2.29. The van der Waals surface area contributed by atoms with Crippen molar-refractivity contribution in [3.05, 3.63) is 28.5 Å². The van der Waals surface area contributed by atoms with Crippen LogP contribution in [0.3, 0.4) is 0 Å². The van der Waals surface area contributed by atoms with Crippen LogP contribution in [0, 0.1) is 0 Å². The molecule has 78 valence electrons. The predicted molar refractivity (Wildman–Crippen MR) is 55.9 cm³/mol. The third kappa shape index (κ3) is 1.94. The summed E-state index contributed by atoms with van der Waals surface area (Å²) in [6.45, 7) is 2.74. The zero-order valence-corrected chi connectivity index (χ0v) is 9.07. The number of hydrogen-bond acceptors (Lipinski definition) is 5. The summed E-state index contributed by atoms with van der Waals surface area (Å²) in [6, 6.07) is 0. The van der Waals surface area contributed by atoms with Crippen molar-refractivity contribution < 1.29 is 4.79 Å². The molecular weight excluding hydrogens is 212 g/mol. The highest BCUT2D eigenvalue weighted by Gasteiger charge is 2.15. The van der Waals surface area contributed by atoms with Crippen molar-refractivity contribution in [2.24, 2.45) is 0 Å². The van der Waals surface area contributed by atoms with E-state index in [0.717, 1.165) is 6.42 Å². The smallest absolute Gasteiger partial charge is 0.224 e. The van der Waals surface area contributed by atoms with E-state index in [2.05, 4.69) is 15.3 Å². The summed E-state index contributed by atoms with van der Waals surface area (Å²) in [5, 5.41) is 7.61. The van der Waals surface area contributed by atoms with E-state index in [0.29, 0.717) is 17.1 Å². The minimum atomic E-state index is -0.0593. The van der Waals surface area contributed by atoms with Crippen molar-refractivity contribution in [3.8, 4) is 0 Å². The van der Waals surface area contributed by atoms with Crippen molar-refractivity contribution in [2.45, 2.75) is 19.9 Å². The lowest BCUT2D eigenvalue weighted by molar-refractivity contribution is 0.103. The molecule has 2 aromatic heterocycles. The van der Waals surface area contributed by atoms with Crippen molar-refractivity contribution in [2.75, 3.05) is 0 Å². The van der Waals surface area contributed by atoms with Gasteiger partial charge in [0.05, 0.1) is 16.6 Å². The highest BCUT2D eigenvalue weighted by molar-refractivity contribution is 7.11. The summed E-state index contributed by atoms with van der Waals surface area (Å²) in [6.07, 6.45) is 3.99. The molecule has 0 radical (unpaired) electrons. The fraction of sp³-hybridized carbons (Fsp3) is 0.333. The Bertz CT molecular complexity index is 448. The number of aryl methyl sites for hydroxylation is 1. The molecule has 0 saturated heterocycles. The van der Waals surface area contributed by atoms with E-state index in [1.165, 1.54) is 17.5 Å². The van der Waals surface area contributed by atoms with Crippen molar-refractivity contribution in [1.82, 2.24) is 20.0 Å². The lowest BCUT2D eigenvalue weighted by Crippen LogP contribution is -2.10. The molecule has 0 aromatic carbocycles. The van der Waals surface area contributed by atoms with Gasteiger partial charge in [0.2, 0.25) is 5.78 Å². The lowest BCUT2D eigenvalue weighted by atomic mass is 10.2. The normalized spacial score (nSPS) is 10.5. The molecule has 0 aliphatic heterocycles. The number of nitrogens with zero attached hydrogens (tertiary/aromatic N) is 4. The Kier molecular flexibility index (Phi) is 2.86. The molecule has 0 aliphatic rings. The second-order valence-corrected chi connectivity index (χ2v) is 3.92. The van der Waals surface area contributed by atoms with Gasteiger partial charge >= 0.3 is 0 Å². The van der Waals surface area contributed by atoms with Gasteiger partial charge in [-0.15, -0.1) is 16.4 Å². The zero-order chi connectivity index (χ0) is 10.7. The first-order valence-corrected chi connectivity index (χ1v) is 5.52. The molecule has 6 heteroatoms. The maximum Gasteiger partial charge on any atom is 0.224 e. The molecule has 0 unspecified atom stereocenters. The molecule has 0 N–H and O–H groups in total. The van der Waals surface area contributed by atoms with Gasteiger partial charge in [0.25, 0.3) is 0 Å². The molecule has 0 fully saturated rings. The molecule has 0 bridgehead atoms. The number of thiazole rings is 1. The Morgan fingerprint density at radius 2 is 2.40 bits per heavy atom. The van der Waals surface area contributed by atoms with Crippen LogP contribution >= 0.6 is 11.3 Å². The minimum Gasteiger partial charge on any atom is -0.286 e. The highest BCUT2D eigenvalue weighted by atomic mass is 32.1. The maximum absolute atomic E-state index is 11.9. The third-order valence-corrected chi connectivity index (χ3v) is 2.71. The number of rotatable bonds is 4. The van der Waals surface area contributed by atoms with Gasteiger partial charge in [-0.2, -0.15) is 0 Å². The largest absolute Gasteiger partial charge is 0.286 e. The molecule has 0 spiro atoms. The van der Waals surface area contributed by atoms with Crippen LogP contribution in [0.4, 0.5) is 0 Å². The predicted octanol–water partition coefficient (Wildman–Crippen LogP) is 1.38. The van der Waals surface area contributed by atoms with Gasteiger partial charge in [-0.05, 0) is 6.42 Å². The van der Waals surface area contributed by atoms with Crippen LogP contribution in [0.5, 0.6) is 0 Å². The lowest BCUT2D eigenvalue weighted by Gasteiger charge is -2.01. The topological polar surface area (TPSA) is 60.7 Å². The minimum absolute atomic E-state index is 0.0593. The van der Waals surface area contributed by atoms with Gasteiger partial charge in [-0.1, -0.05) is 12.1 Å². The van der Waals surface area contributed by atoms with E-state index in [1.807, 2.05) is 6.92 Å². The molecule has 0 saturated carbocycles. The summed E-state index contributed by atoms with van der Waals surface area (Å²) in [7, 11) is 0. The fourth-order valence-corrected chi connectivity index (χ4v) is 1.83. The SMILES string of the molecule is CCCn1nncc1C(=O)c1cncs1. The second kappa shape index (κ2) is 4.31. The van der Waals surface area contributed by atoms with Gasteiger partial charge < -0.3 is 0 Å². The van der Waals surface area contributed by atoms with E-state index in [4.69, 9.17) is 0 Å². The zero-order valence-electron chi connectivity index (χ0n) is 8.25. The molecule has 2 aromatic rings. The standard InChI is InChI=1S/C9H10N4OS/c1-2-3-13-7(4-11-12-13)9(14)8-5-10-6-15-8/h4-6H,2-3H2,1H3. The van der Waals surface area contributed by atoms with E-state index in [9.17, 15) is 4.79 Å². The Morgan fingerprint density at radius 1 is 1.53 bits per heavy atom. The van der Waals surface area contributed by atoms with Crippen LogP contribution in [0.1, 0.15) is 28.7 Å². The summed E-state index contributed by atoms with van der Waals surface area (Å²) in [5.41, 5.74) is 2.17. The van der Waals surface area contributed by atoms with Crippen LogP contribution in [0.15, 0.2) is 17.9 Å². The van der Waals surface area contributed by atoms with Crippen LogP contribution in [0.2, 0.25) is 0 Å². The molecular formula is C9H10N4OS. The number of carbonyl (C=O) groups is 1. The van der Waals surface area contributed by atoms with Gasteiger partial charge in [-0.3, -0.25) is 9.78 Å². The van der Waals surface area contributed by atoms with Crippen molar-refractivity contribution >= 4 is 17.1 Å². The van der Waals surface area contributed by atoms with Crippen molar-refractivity contribution in [1.29, 1.82) is 0 Å². The third-order valence-electron chi connectivity index (χ3n) is 1.94. The number of hydrogen-bond donors (Lipinski definition) is 0. The first kappa shape index (κ1) is 9.97. The quantitative estimate of drug-likeness (QED) is 0.733. The molecule has 0 aliphatic carbocycles. The van der Waals surface area contributed by atoms with Crippen LogP contribution in [-0.2, 0) is 6.54 Å². The van der Waals surface area contributed by atoms with E-state index in [-0.39, 0.29) is 5.78 Å². The van der Waals surface area contributed by atoms with Gasteiger partial charge in [0.1, 0.15) is 5.69 Å². The fourth-order valence-electron chi connectivity index (χ4n) is 1.26. The number of ketones is 1. The summed E-state index contributed by atoms with van der Waals surface area (Å²) in [4.78, 5) is 16.4. The molecule has 2 heterocycles. The van der Waals surface area contributed by atoms with Gasteiger partial charge in [0, 0.05) is 12.7 Å². The summed E-state index contributed by atoms with van der Waals surface area (Å²) >= 11 is 1.33. The summed E-state index contributed by atoms with van der Waals surface area (Å²) < 4.78 is 1.63. The van der Waals surface area contributed by atoms with E-state index in [1.54, 1.807) is 16.4 Å². The average molecular weight is 222 g/mol. The monoisotopic (exact) mass is 222 g/mol. The molecule has 5 nitrogen and oxygen atoms in total. The van der Waals surface area contributed by atoms with Crippen LogP contribution < -0.4 is 0 Å². The van der Waals surface area contributed by atoms with Crippen LogP contribution in [-0.4, -0.2) is 25.8 Å². The number of aromatic nitrogens is 4. The van der Waals surface area contributed by atoms with Gasteiger partial charge in [0.15, 0.2) is 0 Å². The molecule has 15 heavy (non-hydrogen) atoms. The molecule has 0 amide bonds. The van der Waals surface area contributed by atoms with Crippen LogP contribution in [0.25, 0.3) is 0 Å². The Labute approximate surface area is 90.8 Å². The molecule has 2 rings (SSSR count). The van der Waals surface area contributed by atoms with E-state index >= 15 is 0 Å². The summed E-state index contributed by atoms with van der Waals surface area (Å²) in [5.74, 6) is -0.0593. The van der Waals surface area contributed by atoms with Gasteiger partial charge in [-0.25, -0.2) is 4.68 Å². The average Bonchev–Trinajstić information content (AvgIpc) is 2.87. The molecule has 0 atom stereocenters. The first-order valence-electron chi connectivity index (χ1n) is 4.64.